The van der Waals surface area contributed by atoms with Crippen molar-refractivity contribution in [3.05, 3.63) is 47.8 Å². The fourth-order valence-electron chi connectivity index (χ4n) is 2.66. The van der Waals surface area contributed by atoms with E-state index >= 15 is 0 Å². The Morgan fingerprint density at radius 2 is 2.00 bits per heavy atom. The molecule has 1 aromatic carbocycles. The van der Waals surface area contributed by atoms with Gasteiger partial charge in [0.25, 0.3) is 5.91 Å². The number of hydrogen-bond acceptors (Lipinski definition) is 4. The molecule has 1 fully saturated rings. The summed E-state index contributed by atoms with van der Waals surface area (Å²) in [6, 6.07) is 9.74. The van der Waals surface area contributed by atoms with E-state index in [0.29, 0.717) is 19.4 Å². The van der Waals surface area contributed by atoms with Crippen molar-refractivity contribution in [3.8, 4) is 0 Å². The standard InChI is InChI=1S/C16H18N4O3/c21-14(17-11-16(15(22)23)7-4-8-16)13-10-20(19-18-13)9-12-5-2-1-3-6-12/h1-3,5-6,10H,4,7-9,11H2,(H,17,21)(H,22,23). The number of carbonyl (C=O) groups is 2. The molecule has 0 radical (unpaired) electrons. The molecule has 1 saturated carbocycles. The second-order valence-corrected chi connectivity index (χ2v) is 5.91. The van der Waals surface area contributed by atoms with Gasteiger partial charge in [-0.2, -0.15) is 0 Å². The molecule has 0 saturated heterocycles. The predicted molar refractivity (Wildman–Crippen MR) is 81.8 cm³/mol. The number of aromatic nitrogens is 3. The number of nitrogens with zero attached hydrogens (tertiary/aromatic N) is 3. The Labute approximate surface area is 133 Å². The monoisotopic (exact) mass is 314 g/mol. The summed E-state index contributed by atoms with van der Waals surface area (Å²) in [5.74, 6) is -1.24. The molecule has 1 aromatic heterocycles. The molecule has 3 rings (SSSR count). The molecule has 0 bridgehead atoms. The van der Waals surface area contributed by atoms with Crippen molar-refractivity contribution < 1.29 is 14.7 Å². The third-order valence-corrected chi connectivity index (χ3v) is 4.31. The van der Waals surface area contributed by atoms with Crippen molar-refractivity contribution in [1.82, 2.24) is 20.3 Å². The van der Waals surface area contributed by atoms with Crippen LogP contribution in [0.2, 0.25) is 0 Å². The summed E-state index contributed by atoms with van der Waals surface area (Å²) in [4.78, 5) is 23.4. The first-order chi connectivity index (χ1) is 11.1. The second-order valence-electron chi connectivity index (χ2n) is 5.91. The Morgan fingerprint density at radius 3 is 2.61 bits per heavy atom. The van der Waals surface area contributed by atoms with Crippen LogP contribution in [-0.2, 0) is 11.3 Å². The highest BCUT2D eigenvalue weighted by Crippen LogP contribution is 2.40. The third kappa shape index (κ3) is 3.23. The van der Waals surface area contributed by atoms with Gasteiger partial charge in [-0.15, -0.1) is 5.10 Å². The highest BCUT2D eigenvalue weighted by Gasteiger charge is 2.44. The van der Waals surface area contributed by atoms with E-state index in [1.807, 2.05) is 30.3 Å². The molecule has 120 valence electrons. The summed E-state index contributed by atoms with van der Waals surface area (Å²) in [7, 11) is 0. The number of carbonyl (C=O) groups excluding carboxylic acids is 1. The molecule has 0 unspecified atom stereocenters. The van der Waals surface area contributed by atoms with Crippen molar-refractivity contribution in [2.24, 2.45) is 5.41 Å². The summed E-state index contributed by atoms with van der Waals surface area (Å²) in [6.45, 7) is 0.660. The first kappa shape index (κ1) is 15.2. The highest BCUT2D eigenvalue weighted by molar-refractivity contribution is 5.92. The van der Waals surface area contributed by atoms with Gasteiger partial charge in [0.2, 0.25) is 0 Å². The molecule has 2 N–H and O–H groups in total. The van der Waals surface area contributed by atoms with E-state index in [4.69, 9.17) is 0 Å². The lowest BCUT2D eigenvalue weighted by molar-refractivity contribution is -0.153. The lowest BCUT2D eigenvalue weighted by atomic mass is 9.69. The lowest BCUT2D eigenvalue weighted by Gasteiger charge is -2.37. The fraction of sp³-hybridized carbons (Fsp3) is 0.375. The van der Waals surface area contributed by atoms with Crippen LogP contribution in [-0.4, -0.2) is 38.5 Å². The summed E-state index contributed by atoms with van der Waals surface area (Å²) in [5.41, 5.74) is 0.444. The van der Waals surface area contributed by atoms with Crippen LogP contribution in [0.15, 0.2) is 36.5 Å². The average Bonchev–Trinajstić information content (AvgIpc) is 2.95. The number of amides is 1. The molecular weight excluding hydrogens is 296 g/mol. The van der Waals surface area contributed by atoms with Crippen molar-refractivity contribution in [1.29, 1.82) is 0 Å². The van der Waals surface area contributed by atoms with Gasteiger partial charge in [-0.1, -0.05) is 42.0 Å². The Hall–Kier alpha value is -2.70. The number of aliphatic carboxylic acids is 1. The van der Waals surface area contributed by atoms with E-state index in [1.54, 1.807) is 10.9 Å². The number of nitrogens with one attached hydrogen (secondary N) is 1. The van der Waals surface area contributed by atoms with Gasteiger partial charge in [0.05, 0.1) is 18.2 Å². The molecular formula is C16H18N4O3. The van der Waals surface area contributed by atoms with Crippen molar-refractivity contribution in [3.63, 3.8) is 0 Å². The van der Waals surface area contributed by atoms with E-state index < -0.39 is 17.3 Å². The first-order valence-electron chi connectivity index (χ1n) is 7.55. The zero-order valence-corrected chi connectivity index (χ0v) is 12.6. The first-order valence-corrected chi connectivity index (χ1v) is 7.55. The maximum atomic E-state index is 12.1. The van der Waals surface area contributed by atoms with Crippen molar-refractivity contribution in [2.45, 2.75) is 25.8 Å². The van der Waals surface area contributed by atoms with Crippen LogP contribution in [0.5, 0.6) is 0 Å². The zero-order chi connectivity index (χ0) is 16.3. The SMILES string of the molecule is O=C(NCC1(C(=O)O)CCC1)c1cn(Cc2ccccc2)nn1. The minimum absolute atomic E-state index is 0.132. The van der Waals surface area contributed by atoms with Crippen molar-refractivity contribution >= 4 is 11.9 Å². The zero-order valence-electron chi connectivity index (χ0n) is 12.6. The minimum Gasteiger partial charge on any atom is -0.481 e. The topological polar surface area (TPSA) is 97.1 Å². The quantitative estimate of drug-likeness (QED) is 0.838. The summed E-state index contributed by atoms with van der Waals surface area (Å²) >= 11 is 0. The van der Waals surface area contributed by atoms with E-state index in [1.165, 1.54) is 0 Å². The van der Waals surface area contributed by atoms with Crippen LogP contribution >= 0.6 is 0 Å². The minimum atomic E-state index is -0.850. The number of carboxylic acids is 1. The smallest absolute Gasteiger partial charge is 0.311 e. The van der Waals surface area contributed by atoms with Gasteiger partial charge in [0.15, 0.2) is 5.69 Å². The molecule has 7 nitrogen and oxygen atoms in total. The lowest BCUT2D eigenvalue weighted by Crippen LogP contribution is -2.47. The van der Waals surface area contributed by atoms with Gasteiger partial charge < -0.3 is 10.4 Å². The van der Waals surface area contributed by atoms with Crippen LogP contribution in [0.1, 0.15) is 35.3 Å². The summed E-state index contributed by atoms with van der Waals surface area (Å²) in [6.07, 6.45) is 3.65. The number of rotatable bonds is 6. The van der Waals surface area contributed by atoms with Crippen LogP contribution in [0.3, 0.4) is 0 Å². The van der Waals surface area contributed by atoms with Gasteiger partial charge in [0.1, 0.15) is 0 Å². The van der Waals surface area contributed by atoms with E-state index in [2.05, 4.69) is 15.6 Å². The third-order valence-electron chi connectivity index (χ3n) is 4.31. The maximum Gasteiger partial charge on any atom is 0.311 e. The average molecular weight is 314 g/mol. The number of hydrogen-bond donors (Lipinski definition) is 2. The molecule has 1 amide bonds. The molecule has 7 heteroatoms. The van der Waals surface area contributed by atoms with Crippen molar-refractivity contribution in [2.75, 3.05) is 6.54 Å². The van der Waals surface area contributed by atoms with Crippen LogP contribution in [0, 0.1) is 5.41 Å². The van der Waals surface area contributed by atoms with Crippen LogP contribution in [0.25, 0.3) is 0 Å². The van der Waals surface area contributed by atoms with Gasteiger partial charge in [-0.05, 0) is 18.4 Å². The van der Waals surface area contributed by atoms with Gasteiger partial charge in [-0.3, -0.25) is 9.59 Å². The molecule has 1 aliphatic carbocycles. The number of carboxylic acid groups (broad SMARTS) is 1. The molecule has 1 aliphatic rings. The maximum absolute atomic E-state index is 12.1. The van der Waals surface area contributed by atoms with Crippen LogP contribution in [0.4, 0.5) is 0 Å². The second kappa shape index (κ2) is 6.20. The molecule has 0 aliphatic heterocycles. The predicted octanol–water partition coefficient (Wildman–Crippen LogP) is 1.31. The molecule has 1 heterocycles. The summed E-state index contributed by atoms with van der Waals surface area (Å²) < 4.78 is 1.58. The number of benzene rings is 1. The Balaban J connectivity index is 1.59. The Morgan fingerprint density at radius 1 is 1.26 bits per heavy atom. The van der Waals surface area contributed by atoms with E-state index in [-0.39, 0.29) is 12.2 Å². The summed E-state index contributed by atoms with van der Waals surface area (Å²) in [5, 5.41) is 19.7. The highest BCUT2D eigenvalue weighted by atomic mass is 16.4. The molecule has 23 heavy (non-hydrogen) atoms. The van der Waals surface area contributed by atoms with E-state index in [0.717, 1.165) is 12.0 Å². The molecule has 0 atom stereocenters. The molecule has 2 aromatic rings. The van der Waals surface area contributed by atoms with Gasteiger partial charge >= 0.3 is 5.97 Å². The normalized spacial score (nSPS) is 15.7. The van der Waals surface area contributed by atoms with Gasteiger partial charge in [0, 0.05) is 6.54 Å². The fourth-order valence-corrected chi connectivity index (χ4v) is 2.66. The van der Waals surface area contributed by atoms with Gasteiger partial charge in [-0.25, -0.2) is 4.68 Å². The van der Waals surface area contributed by atoms with Crippen LogP contribution < -0.4 is 5.32 Å². The Kier molecular flexibility index (Phi) is 4.10. The molecule has 0 spiro atoms. The largest absolute Gasteiger partial charge is 0.481 e. The Bertz CT molecular complexity index is 707. The van der Waals surface area contributed by atoms with E-state index in [9.17, 15) is 14.7 Å².